The third-order valence-corrected chi connectivity index (χ3v) is 10.8. The van der Waals surface area contributed by atoms with E-state index < -0.39 is 0 Å². The van der Waals surface area contributed by atoms with E-state index in [4.69, 9.17) is 4.42 Å². The number of fused-ring (bicyclic) bond motifs is 11. The first-order valence-corrected chi connectivity index (χ1v) is 18.6. The fourth-order valence-electron chi connectivity index (χ4n) is 8.48. The highest BCUT2D eigenvalue weighted by atomic mass is 16.3. The summed E-state index contributed by atoms with van der Waals surface area (Å²) in [4.78, 5) is 0. The fourth-order valence-corrected chi connectivity index (χ4v) is 8.48. The molecule has 1 aromatic heterocycles. The lowest BCUT2D eigenvalue weighted by Crippen LogP contribution is -2.25. The van der Waals surface area contributed by atoms with Gasteiger partial charge in [0.2, 0.25) is 0 Å². The number of hydrogen-bond donors (Lipinski definition) is 1. The lowest BCUT2D eigenvalue weighted by atomic mass is 9.70. The quantitative estimate of drug-likeness (QED) is 0.130. The number of benzene rings is 4. The SMILES string of the molecule is C\C=C/C=c1\c(=C/C=C/C(C)(/C=C\C)/C=C\C=C(/C)NC2=CC=C3C(=CC2)c2ccccc2C32c3ccccc3-c3ccccc32)oc2ccccc12. The van der Waals surface area contributed by atoms with Crippen LogP contribution in [0.3, 0.4) is 0 Å². The van der Waals surface area contributed by atoms with Crippen molar-refractivity contribution in [1.82, 2.24) is 5.32 Å². The summed E-state index contributed by atoms with van der Waals surface area (Å²) in [5.41, 5.74) is 14.2. The molecule has 53 heavy (non-hydrogen) atoms. The molecule has 1 unspecified atom stereocenters. The second-order valence-electron chi connectivity index (χ2n) is 14.3. The first-order valence-electron chi connectivity index (χ1n) is 18.6. The van der Waals surface area contributed by atoms with Gasteiger partial charge < -0.3 is 9.73 Å². The minimum Gasteiger partial charge on any atom is -0.456 e. The molecule has 2 heteroatoms. The largest absolute Gasteiger partial charge is 0.456 e. The molecule has 3 aliphatic rings. The zero-order valence-electron chi connectivity index (χ0n) is 30.9. The fraction of sp³-hybridized carbons (Fsp3) is 0.137. The second-order valence-corrected chi connectivity index (χ2v) is 14.3. The minimum absolute atomic E-state index is 0.273. The standard InChI is InChI=1S/C51H45NO/c1-5-7-19-42-43-23-11-15-27-48(43)53-49(42)28-17-35-50(4,33-6-2)34-16-18-36(3)52-37-29-31-41-40-22-10-14-26-46(40)51(47(41)32-30-37)44-24-12-8-20-38(44)39-21-9-13-25-45(39)51/h5-28,30-35,52H,29H2,1-4H3/b7-5-,33-6-,34-16-,35-17+,36-18+,42-19-,49-28+. The summed E-state index contributed by atoms with van der Waals surface area (Å²) >= 11 is 0. The summed E-state index contributed by atoms with van der Waals surface area (Å²) in [7, 11) is 0. The van der Waals surface area contributed by atoms with E-state index in [0.717, 1.165) is 33.7 Å². The molecule has 0 saturated carbocycles. The van der Waals surface area contributed by atoms with Gasteiger partial charge in [0.25, 0.3) is 0 Å². The van der Waals surface area contributed by atoms with Crippen molar-refractivity contribution in [3.05, 3.63) is 220 Å². The van der Waals surface area contributed by atoms with Crippen molar-refractivity contribution in [2.75, 3.05) is 0 Å². The average Bonchev–Trinajstić information content (AvgIpc) is 3.71. The third-order valence-electron chi connectivity index (χ3n) is 10.8. The van der Waals surface area contributed by atoms with Gasteiger partial charge in [-0.3, -0.25) is 0 Å². The molecule has 0 amide bonds. The van der Waals surface area contributed by atoms with Crippen molar-refractivity contribution < 1.29 is 4.42 Å². The van der Waals surface area contributed by atoms with Crippen LogP contribution in [0.2, 0.25) is 0 Å². The van der Waals surface area contributed by atoms with Gasteiger partial charge in [0.1, 0.15) is 11.0 Å². The molecule has 0 bridgehead atoms. The first kappa shape index (κ1) is 34.0. The Labute approximate surface area is 313 Å². The van der Waals surface area contributed by atoms with Crippen molar-refractivity contribution in [1.29, 1.82) is 0 Å². The number of rotatable bonds is 8. The van der Waals surface area contributed by atoms with Crippen molar-refractivity contribution in [3.63, 3.8) is 0 Å². The van der Waals surface area contributed by atoms with Crippen LogP contribution in [0.1, 0.15) is 56.4 Å². The summed E-state index contributed by atoms with van der Waals surface area (Å²) in [6, 6.07) is 35.1. The van der Waals surface area contributed by atoms with Crippen LogP contribution in [-0.4, -0.2) is 0 Å². The topological polar surface area (TPSA) is 25.2 Å². The van der Waals surface area contributed by atoms with E-state index in [2.05, 4.69) is 190 Å². The van der Waals surface area contributed by atoms with Crippen LogP contribution in [0.25, 0.3) is 39.8 Å². The summed E-state index contributed by atoms with van der Waals surface area (Å²) in [6.07, 6.45) is 31.4. The van der Waals surface area contributed by atoms with Crippen LogP contribution in [-0.2, 0) is 5.41 Å². The molecule has 0 aliphatic heterocycles. The molecule has 3 aliphatic carbocycles. The van der Waals surface area contributed by atoms with E-state index in [1.165, 1.54) is 50.2 Å². The summed E-state index contributed by atoms with van der Waals surface area (Å²) in [6.45, 7) is 8.45. The van der Waals surface area contributed by atoms with Crippen molar-refractivity contribution in [3.8, 4) is 11.1 Å². The maximum Gasteiger partial charge on any atom is 0.135 e. The molecule has 1 spiro atoms. The zero-order valence-corrected chi connectivity index (χ0v) is 30.9. The van der Waals surface area contributed by atoms with Gasteiger partial charge in [-0.15, -0.1) is 0 Å². The molecule has 1 N–H and O–H groups in total. The summed E-state index contributed by atoms with van der Waals surface area (Å²) in [5, 5.41) is 5.94. The van der Waals surface area contributed by atoms with E-state index >= 15 is 0 Å². The Morgan fingerprint density at radius 3 is 2.06 bits per heavy atom. The van der Waals surface area contributed by atoms with Gasteiger partial charge in [-0.25, -0.2) is 0 Å². The van der Waals surface area contributed by atoms with E-state index in [0.29, 0.717) is 0 Å². The predicted molar refractivity (Wildman–Crippen MR) is 224 cm³/mol. The second kappa shape index (κ2) is 14.1. The normalized spacial score (nSPS) is 18.0. The minimum atomic E-state index is -0.325. The number of furan rings is 1. The van der Waals surface area contributed by atoms with Crippen LogP contribution in [0, 0.1) is 5.41 Å². The highest BCUT2D eigenvalue weighted by Gasteiger charge is 2.53. The van der Waals surface area contributed by atoms with Crippen molar-refractivity contribution in [2.45, 2.75) is 39.5 Å². The van der Waals surface area contributed by atoms with Gasteiger partial charge in [-0.05, 0) is 96.5 Å². The lowest BCUT2D eigenvalue weighted by molar-refractivity contribution is 0.575. The number of para-hydroxylation sites is 1. The zero-order chi connectivity index (χ0) is 36.4. The monoisotopic (exact) mass is 687 g/mol. The van der Waals surface area contributed by atoms with Gasteiger partial charge in [-0.1, -0.05) is 158 Å². The Hall–Kier alpha value is -6.12. The van der Waals surface area contributed by atoms with Gasteiger partial charge in [0.15, 0.2) is 0 Å². The van der Waals surface area contributed by atoms with Gasteiger partial charge in [0.05, 0.1) is 5.41 Å². The van der Waals surface area contributed by atoms with Crippen LogP contribution < -0.4 is 16.0 Å². The molecule has 0 radical (unpaired) electrons. The first-order chi connectivity index (χ1) is 26.0. The maximum atomic E-state index is 6.23. The van der Waals surface area contributed by atoms with Crippen molar-refractivity contribution >= 4 is 28.7 Å². The van der Waals surface area contributed by atoms with Crippen LogP contribution in [0.5, 0.6) is 0 Å². The van der Waals surface area contributed by atoms with Crippen LogP contribution >= 0.6 is 0 Å². The highest BCUT2D eigenvalue weighted by Crippen LogP contribution is 2.63. The highest BCUT2D eigenvalue weighted by molar-refractivity contribution is 6.00. The molecule has 4 aromatic carbocycles. The van der Waals surface area contributed by atoms with Gasteiger partial charge in [0, 0.05) is 33.8 Å². The number of nitrogens with one attached hydrogen (secondary N) is 1. The molecule has 2 nitrogen and oxygen atoms in total. The Kier molecular flexibility index (Phi) is 9.06. The van der Waals surface area contributed by atoms with E-state index in [9.17, 15) is 0 Å². The number of allylic oxidation sites excluding steroid dienone is 15. The molecular formula is C51H45NO. The Morgan fingerprint density at radius 2 is 1.34 bits per heavy atom. The molecular weight excluding hydrogens is 643 g/mol. The number of hydrogen-bond acceptors (Lipinski definition) is 2. The predicted octanol–water partition coefficient (Wildman–Crippen LogP) is 11.4. The lowest BCUT2D eigenvalue weighted by Gasteiger charge is -2.30. The molecule has 8 rings (SSSR count). The Bertz CT molecular complexity index is 2560. The Morgan fingerprint density at radius 1 is 0.698 bits per heavy atom. The Balaban J connectivity index is 1.07. The molecule has 5 aromatic rings. The van der Waals surface area contributed by atoms with E-state index in [-0.39, 0.29) is 10.8 Å². The molecule has 260 valence electrons. The average molecular weight is 688 g/mol. The van der Waals surface area contributed by atoms with Gasteiger partial charge in [-0.2, -0.15) is 0 Å². The maximum absolute atomic E-state index is 6.23. The molecule has 0 saturated heterocycles. The summed E-state index contributed by atoms with van der Waals surface area (Å²) < 4.78 is 6.23. The molecule has 1 atom stereocenters. The molecule has 1 heterocycles. The summed E-state index contributed by atoms with van der Waals surface area (Å²) in [5.74, 6) is 0. The van der Waals surface area contributed by atoms with Crippen LogP contribution in [0.15, 0.2) is 191 Å². The van der Waals surface area contributed by atoms with Crippen LogP contribution in [0.4, 0.5) is 0 Å². The van der Waals surface area contributed by atoms with E-state index in [1.54, 1.807) is 0 Å². The van der Waals surface area contributed by atoms with Crippen molar-refractivity contribution in [2.24, 2.45) is 5.41 Å². The smallest absolute Gasteiger partial charge is 0.135 e. The van der Waals surface area contributed by atoms with Gasteiger partial charge >= 0.3 is 0 Å². The van der Waals surface area contributed by atoms with E-state index in [1.807, 2.05) is 25.1 Å². The third kappa shape index (κ3) is 5.95. The molecule has 0 fully saturated rings.